The van der Waals surface area contributed by atoms with Gasteiger partial charge in [0.2, 0.25) is 10.0 Å². The van der Waals surface area contributed by atoms with Gasteiger partial charge in [-0.3, -0.25) is 4.79 Å². The van der Waals surface area contributed by atoms with Crippen molar-refractivity contribution in [2.24, 2.45) is 0 Å². The summed E-state index contributed by atoms with van der Waals surface area (Å²) in [6.07, 6.45) is 0. The lowest BCUT2D eigenvalue weighted by Gasteiger charge is -2.13. The Kier molecular flexibility index (Phi) is 5.58. The fourth-order valence-electron chi connectivity index (χ4n) is 3.25. The molecule has 0 saturated carbocycles. The van der Waals surface area contributed by atoms with E-state index in [4.69, 9.17) is 4.74 Å². The number of hydrogen-bond acceptors (Lipinski definition) is 4. The molecule has 28 heavy (non-hydrogen) atoms. The molecule has 1 N–H and O–H groups in total. The molecule has 0 bridgehead atoms. The standard InChI is InChI=1S/C21H24N2O4S/c1-5-27-19-9-7-6-8-15(19)13-22-28(25,26)16-10-11-18-17(12-16)20(14(2)3)21(24)23(18)4/h6-12,22H,5,13H2,1-4H3. The van der Waals surface area contributed by atoms with Crippen LogP contribution in [0.1, 0.15) is 31.9 Å². The highest BCUT2D eigenvalue weighted by Crippen LogP contribution is 2.38. The van der Waals surface area contributed by atoms with Gasteiger partial charge in [-0.05, 0) is 45.0 Å². The van der Waals surface area contributed by atoms with Gasteiger partial charge < -0.3 is 9.64 Å². The lowest BCUT2D eigenvalue weighted by atomic mass is 10.0. The number of ether oxygens (including phenoxy) is 1. The van der Waals surface area contributed by atoms with E-state index >= 15 is 0 Å². The smallest absolute Gasteiger partial charge is 0.258 e. The van der Waals surface area contributed by atoms with Crippen LogP contribution in [0, 0.1) is 0 Å². The Hall–Kier alpha value is -2.64. The number of nitrogens with one attached hydrogen (secondary N) is 1. The summed E-state index contributed by atoms with van der Waals surface area (Å²) in [4.78, 5) is 14.1. The topological polar surface area (TPSA) is 75.7 Å². The third kappa shape index (κ3) is 3.68. The maximum Gasteiger partial charge on any atom is 0.258 e. The van der Waals surface area contributed by atoms with Gasteiger partial charge in [0.05, 0.1) is 17.2 Å². The molecule has 1 heterocycles. The Balaban J connectivity index is 1.91. The Morgan fingerprint density at radius 2 is 1.86 bits per heavy atom. The molecule has 2 aromatic carbocycles. The van der Waals surface area contributed by atoms with Crippen LogP contribution in [0.2, 0.25) is 0 Å². The van der Waals surface area contributed by atoms with Crippen LogP contribution < -0.4 is 14.4 Å². The molecule has 0 spiro atoms. The first-order chi connectivity index (χ1) is 13.3. The van der Waals surface area contributed by atoms with Gasteiger partial charge in [-0.1, -0.05) is 23.8 Å². The minimum absolute atomic E-state index is 0.115. The molecule has 0 fully saturated rings. The average Bonchev–Trinajstić information content (AvgIpc) is 2.91. The summed E-state index contributed by atoms with van der Waals surface area (Å²) in [5.41, 5.74) is 3.51. The molecule has 7 heteroatoms. The Bertz CT molecular complexity index is 1050. The maximum atomic E-state index is 12.8. The van der Waals surface area contributed by atoms with Crippen molar-refractivity contribution in [2.75, 3.05) is 18.6 Å². The second-order valence-corrected chi connectivity index (χ2v) is 8.55. The quantitative estimate of drug-likeness (QED) is 0.755. The van der Waals surface area contributed by atoms with E-state index in [1.165, 1.54) is 6.07 Å². The molecule has 0 aromatic heterocycles. The summed E-state index contributed by atoms with van der Waals surface area (Å²) in [6.45, 7) is 6.19. The van der Waals surface area contributed by atoms with Crippen LogP contribution in [0.3, 0.4) is 0 Å². The van der Waals surface area contributed by atoms with E-state index in [1.54, 1.807) is 24.1 Å². The highest BCUT2D eigenvalue weighted by Gasteiger charge is 2.31. The number of carbonyl (C=O) groups is 1. The van der Waals surface area contributed by atoms with Crippen LogP contribution >= 0.6 is 0 Å². The van der Waals surface area contributed by atoms with Gasteiger partial charge in [0.1, 0.15) is 5.75 Å². The molecule has 0 aliphatic carbocycles. The average molecular weight is 401 g/mol. The zero-order valence-electron chi connectivity index (χ0n) is 16.4. The number of para-hydroxylation sites is 1. The van der Waals surface area contributed by atoms with E-state index in [2.05, 4.69) is 4.72 Å². The zero-order chi connectivity index (χ0) is 20.5. The highest BCUT2D eigenvalue weighted by molar-refractivity contribution is 7.89. The summed E-state index contributed by atoms with van der Waals surface area (Å²) in [5.74, 6) is 0.531. The van der Waals surface area contributed by atoms with Crippen LogP contribution in [0.25, 0.3) is 5.57 Å². The number of sulfonamides is 1. The van der Waals surface area contributed by atoms with E-state index in [0.29, 0.717) is 29.2 Å². The van der Waals surface area contributed by atoms with Crippen LogP contribution in [0.5, 0.6) is 5.75 Å². The Morgan fingerprint density at radius 3 is 2.54 bits per heavy atom. The first kappa shape index (κ1) is 20.1. The lowest BCUT2D eigenvalue weighted by molar-refractivity contribution is -0.112. The van der Waals surface area contributed by atoms with Crippen molar-refractivity contribution in [3.05, 3.63) is 59.2 Å². The lowest BCUT2D eigenvalue weighted by Crippen LogP contribution is -2.23. The number of amides is 1. The van der Waals surface area contributed by atoms with Gasteiger partial charge in [0.25, 0.3) is 5.91 Å². The van der Waals surface area contributed by atoms with E-state index in [1.807, 2.05) is 45.0 Å². The Labute approximate surface area is 165 Å². The molecule has 0 saturated heterocycles. The van der Waals surface area contributed by atoms with Crippen molar-refractivity contribution in [1.29, 1.82) is 0 Å². The van der Waals surface area contributed by atoms with Crippen molar-refractivity contribution >= 4 is 27.2 Å². The van der Waals surface area contributed by atoms with E-state index in [-0.39, 0.29) is 17.3 Å². The number of fused-ring (bicyclic) bond motifs is 1. The highest BCUT2D eigenvalue weighted by atomic mass is 32.2. The molecule has 6 nitrogen and oxygen atoms in total. The summed E-state index contributed by atoms with van der Waals surface area (Å²) < 4.78 is 33.9. The third-order valence-corrected chi connectivity index (χ3v) is 6.05. The summed E-state index contributed by atoms with van der Waals surface area (Å²) in [5, 5.41) is 0. The van der Waals surface area contributed by atoms with Crippen molar-refractivity contribution in [3.8, 4) is 5.75 Å². The third-order valence-electron chi connectivity index (χ3n) is 4.65. The fourth-order valence-corrected chi connectivity index (χ4v) is 4.29. The van der Waals surface area contributed by atoms with Crippen LogP contribution in [-0.2, 0) is 21.4 Å². The molecule has 0 atom stereocenters. The number of nitrogens with zero attached hydrogens (tertiary/aromatic N) is 1. The van der Waals surface area contributed by atoms with Gasteiger partial charge in [0.15, 0.2) is 0 Å². The van der Waals surface area contributed by atoms with Crippen molar-refractivity contribution in [1.82, 2.24) is 4.72 Å². The number of benzene rings is 2. The molecule has 3 rings (SSSR count). The van der Waals surface area contributed by atoms with E-state index < -0.39 is 10.0 Å². The summed E-state index contributed by atoms with van der Waals surface area (Å²) in [7, 11) is -2.07. The molecule has 1 aliphatic rings. The predicted molar refractivity (Wildman–Crippen MR) is 110 cm³/mol. The number of likely N-dealkylation sites (N-methyl/N-ethyl adjacent to an activating group) is 1. The number of anilines is 1. The van der Waals surface area contributed by atoms with Crippen molar-refractivity contribution in [2.45, 2.75) is 32.2 Å². The largest absolute Gasteiger partial charge is 0.494 e. The van der Waals surface area contributed by atoms with Gasteiger partial charge >= 0.3 is 0 Å². The van der Waals surface area contributed by atoms with Gasteiger partial charge in [-0.25, -0.2) is 13.1 Å². The fraction of sp³-hybridized carbons (Fsp3) is 0.286. The molecule has 1 aliphatic heterocycles. The number of carbonyl (C=O) groups excluding carboxylic acids is 1. The van der Waals surface area contributed by atoms with Gasteiger partial charge in [-0.2, -0.15) is 0 Å². The molecule has 148 valence electrons. The first-order valence-electron chi connectivity index (χ1n) is 9.06. The zero-order valence-corrected chi connectivity index (χ0v) is 17.3. The van der Waals surface area contributed by atoms with Gasteiger partial charge in [-0.15, -0.1) is 0 Å². The number of allylic oxidation sites excluding steroid dienone is 1. The van der Waals surface area contributed by atoms with Crippen LogP contribution in [0.4, 0.5) is 5.69 Å². The molecular formula is C21H24N2O4S. The normalized spacial score (nSPS) is 13.6. The van der Waals surface area contributed by atoms with Gasteiger partial charge in [0, 0.05) is 30.3 Å². The van der Waals surface area contributed by atoms with Crippen LogP contribution in [-0.4, -0.2) is 28.0 Å². The number of hydrogen-bond donors (Lipinski definition) is 1. The van der Waals surface area contributed by atoms with Crippen LogP contribution in [0.15, 0.2) is 52.9 Å². The monoisotopic (exact) mass is 400 g/mol. The molecular weight excluding hydrogens is 376 g/mol. The summed E-state index contributed by atoms with van der Waals surface area (Å²) in [6, 6.07) is 12.1. The SMILES string of the molecule is CCOc1ccccc1CNS(=O)(=O)c1ccc2c(c1)C(=C(C)C)C(=O)N2C. The molecule has 1 amide bonds. The minimum atomic E-state index is -3.75. The predicted octanol–water partition coefficient (Wildman–Crippen LogP) is 3.33. The Morgan fingerprint density at radius 1 is 1.14 bits per heavy atom. The second kappa shape index (κ2) is 7.77. The molecule has 2 aromatic rings. The number of rotatable bonds is 6. The van der Waals surface area contributed by atoms with E-state index in [0.717, 1.165) is 11.1 Å². The van der Waals surface area contributed by atoms with E-state index in [9.17, 15) is 13.2 Å². The molecule has 0 radical (unpaired) electrons. The maximum absolute atomic E-state index is 12.8. The minimum Gasteiger partial charge on any atom is -0.494 e. The first-order valence-corrected chi connectivity index (χ1v) is 10.5. The van der Waals surface area contributed by atoms with Crippen molar-refractivity contribution in [3.63, 3.8) is 0 Å². The second-order valence-electron chi connectivity index (χ2n) is 6.78. The van der Waals surface area contributed by atoms with Crippen molar-refractivity contribution < 1.29 is 17.9 Å². The summed E-state index contributed by atoms with van der Waals surface area (Å²) >= 11 is 0. The molecule has 0 unspecified atom stereocenters.